The molecular formula is C14H21NO4. The minimum absolute atomic E-state index is 0.377. The van der Waals surface area contributed by atoms with Gasteiger partial charge in [0, 0.05) is 25.3 Å². The molecule has 0 saturated carbocycles. The molecule has 0 saturated heterocycles. The van der Waals surface area contributed by atoms with Gasteiger partial charge in [-0.3, -0.25) is 4.79 Å². The maximum atomic E-state index is 11.0. The van der Waals surface area contributed by atoms with Gasteiger partial charge in [-0.05, 0) is 18.6 Å². The topological polar surface area (TPSA) is 59.0 Å². The van der Waals surface area contributed by atoms with Gasteiger partial charge in [-0.1, -0.05) is 6.92 Å². The molecule has 0 heterocycles. The number of ether oxygens (including phenoxy) is 2. The molecule has 5 heteroatoms. The Balaban J connectivity index is 2.87. The van der Waals surface area contributed by atoms with Gasteiger partial charge in [0.05, 0.1) is 20.1 Å². The Bertz CT molecular complexity index is 433. The second-order valence-corrected chi connectivity index (χ2v) is 4.36. The highest BCUT2D eigenvalue weighted by Crippen LogP contribution is 2.31. The third-order valence-corrected chi connectivity index (χ3v) is 3.14. The number of carboxylic acids is 1. The third-order valence-electron chi connectivity index (χ3n) is 3.14. The maximum Gasteiger partial charge on any atom is 0.308 e. The SMILES string of the molecule is CCC(CN(C)c1ccc(OC)c(OC)c1)C(=O)O. The smallest absolute Gasteiger partial charge is 0.308 e. The van der Waals surface area contributed by atoms with Crippen molar-refractivity contribution < 1.29 is 19.4 Å². The molecule has 0 fully saturated rings. The zero-order valence-corrected chi connectivity index (χ0v) is 11.8. The van der Waals surface area contributed by atoms with Gasteiger partial charge < -0.3 is 19.5 Å². The monoisotopic (exact) mass is 267 g/mol. The highest BCUT2D eigenvalue weighted by atomic mass is 16.5. The van der Waals surface area contributed by atoms with Gasteiger partial charge in [-0.15, -0.1) is 0 Å². The van der Waals surface area contributed by atoms with E-state index in [1.54, 1.807) is 14.2 Å². The van der Waals surface area contributed by atoms with Crippen molar-refractivity contribution in [1.29, 1.82) is 0 Å². The van der Waals surface area contributed by atoms with Crippen LogP contribution in [-0.4, -0.2) is 38.9 Å². The first-order valence-electron chi connectivity index (χ1n) is 6.19. The van der Waals surface area contributed by atoms with Gasteiger partial charge in [-0.25, -0.2) is 0 Å². The number of hydrogen-bond donors (Lipinski definition) is 1. The molecule has 1 rings (SSSR count). The van der Waals surface area contributed by atoms with Gasteiger partial charge in [-0.2, -0.15) is 0 Å². The normalized spacial score (nSPS) is 11.8. The van der Waals surface area contributed by atoms with Crippen molar-refractivity contribution in [2.75, 3.05) is 32.7 Å². The molecule has 19 heavy (non-hydrogen) atoms. The fourth-order valence-electron chi connectivity index (χ4n) is 1.88. The Hall–Kier alpha value is -1.91. The number of aliphatic carboxylic acids is 1. The van der Waals surface area contributed by atoms with E-state index in [1.807, 2.05) is 37.1 Å². The highest BCUT2D eigenvalue weighted by Gasteiger charge is 2.18. The second-order valence-electron chi connectivity index (χ2n) is 4.36. The molecule has 1 aromatic carbocycles. The van der Waals surface area contributed by atoms with Crippen LogP contribution in [0.1, 0.15) is 13.3 Å². The van der Waals surface area contributed by atoms with Crippen molar-refractivity contribution in [3.63, 3.8) is 0 Å². The van der Waals surface area contributed by atoms with Crippen LogP contribution in [0.3, 0.4) is 0 Å². The Morgan fingerprint density at radius 3 is 2.42 bits per heavy atom. The van der Waals surface area contributed by atoms with E-state index in [1.165, 1.54) is 0 Å². The van der Waals surface area contributed by atoms with Crippen molar-refractivity contribution in [3.05, 3.63) is 18.2 Å². The molecular weight excluding hydrogens is 246 g/mol. The van der Waals surface area contributed by atoms with Crippen LogP contribution in [0.25, 0.3) is 0 Å². The average Bonchev–Trinajstić information content (AvgIpc) is 2.43. The number of carboxylic acid groups (broad SMARTS) is 1. The Morgan fingerprint density at radius 1 is 1.32 bits per heavy atom. The van der Waals surface area contributed by atoms with Gasteiger partial charge in [0.25, 0.3) is 0 Å². The summed E-state index contributed by atoms with van der Waals surface area (Å²) >= 11 is 0. The number of methoxy groups -OCH3 is 2. The molecule has 1 atom stereocenters. The van der Waals surface area contributed by atoms with Crippen LogP contribution < -0.4 is 14.4 Å². The number of nitrogens with zero attached hydrogens (tertiary/aromatic N) is 1. The largest absolute Gasteiger partial charge is 0.493 e. The molecule has 1 unspecified atom stereocenters. The molecule has 5 nitrogen and oxygen atoms in total. The molecule has 0 aliphatic carbocycles. The summed E-state index contributed by atoms with van der Waals surface area (Å²) in [6.07, 6.45) is 0.604. The minimum atomic E-state index is -0.769. The van der Waals surface area contributed by atoms with Crippen LogP contribution in [0.4, 0.5) is 5.69 Å². The number of carbonyl (C=O) groups is 1. The van der Waals surface area contributed by atoms with E-state index in [9.17, 15) is 4.79 Å². The summed E-state index contributed by atoms with van der Waals surface area (Å²) in [5.41, 5.74) is 0.900. The van der Waals surface area contributed by atoms with Crippen LogP contribution >= 0.6 is 0 Å². The van der Waals surface area contributed by atoms with Crippen LogP contribution in [0.5, 0.6) is 11.5 Å². The Labute approximate surface area is 113 Å². The number of benzene rings is 1. The lowest BCUT2D eigenvalue weighted by Gasteiger charge is -2.23. The van der Waals surface area contributed by atoms with Crippen LogP contribution in [0, 0.1) is 5.92 Å². The van der Waals surface area contributed by atoms with Crippen molar-refractivity contribution in [2.24, 2.45) is 5.92 Å². The molecule has 0 aliphatic rings. The summed E-state index contributed by atoms with van der Waals surface area (Å²) < 4.78 is 10.4. The number of anilines is 1. The summed E-state index contributed by atoms with van der Waals surface area (Å²) in [7, 11) is 5.03. The maximum absolute atomic E-state index is 11.0. The lowest BCUT2D eigenvalue weighted by molar-refractivity contribution is -0.141. The van der Waals surface area contributed by atoms with Crippen molar-refractivity contribution in [3.8, 4) is 11.5 Å². The van der Waals surface area contributed by atoms with Crippen LogP contribution in [0.15, 0.2) is 18.2 Å². The van der Waals surface area contributed by atoms with Gasteiger partial charge in [0.1, 0.15) is 0 Å². The van der Waals surface area contributed by atoms with Crippen LogP contribution in [-0.2, 0) is 4.79 Å². The first-order valence-corrected chi connectivity index (χ1v) is 6.19. The summed E-state index contributed by atoms with van der Waals surface area (Å²) in [5.74, 6) is 0.146. The van der Waals surface area contributed by atoms with E-state index in [-0.39, 0.29) is 5.92 Å². The number of hydrogen-bond acceptors (Lipinski definition) is 4. The standard InChI is InChI=1S/C14H21NO4/c1-5-10(14(16)17)9-15(2)11-6-7-12(18-3)13(8-11)19-4/h6-8,10H,5,9H2,1-4H3,(H,16,17). The summed E-state index contributed by atoms with van der Waals surface area (Å²) in [4.78, 5) is 13.0. The van der Waals surface area contributed by atoms with E-state index in [0.29, 0.717) is 24.5 Å². The number of rotatable bonds is 7. The quantitative estimate of drug-likeness (QED) is 0.821. The van der Waals surface area contributed by atoms with Gasteiger partial charge in [0.15, 0.2) is 11.5 Å². The molecule has 0 bridgehead atoms. The molecule has 0 spiro atoms. The van der Waals surface area contributed by atoms with Gasteiger partial charge >= 0.3 is 5.97 Å². The first-order chi connectivity index (χ1) is 9.03. The Morgan fingerprint density at radius 2 is 1.95 bits per heavy atom. The van der Waals surface area contributed by atoms with E-state index < -0.39 is 5.97 Å². The van der Waals surface area contributed by atoms with Crippen LogP contribution in [0.2, 0.25) is 0 Å². The molecule has 1 N–H and O–H groups in total. The molecule has 0 amide bonds. The van der Waals surface area contributed by atoms with E-state index >= 15 is 0 Å². The van der Waals surface area contributed by atoms with Crippen molar-refractivity contribution in [1.82, 2.24) is 0 Å². The van der Waals surface area contributed by atoms with Crippen molar-refractivity contribution in [2.45, 2.75) is 13.3 Å². The second kappa shape index (κ2) is 6.87. The molecule has 106 valence electrons. The summed E-state index contributed by atoms with van der Waals surface area (Å²) in [6.45, 7) is 2.34. The molecule has 0 aromatic heterocycles. The zero-order chi connectivity index (χ0) is 14.4. The van der Waals surface area contributed by atoms with E-state index in [0.717, 1.165) is 5.69 Å². The molecule has 0 aliphatic heterocycles. The first kappa shape index (κ1) is 15.1. The summed E-state index contributed by atoms with van der Waals surface area (Å²) in [6, 6.07) is 5.54. The highest BCUT2D eigenvalue weighted by molar-refractivity contribution is 5.71. The van der Waals surface area contributed by atoms with Gasteiger partial charge in [0.2, 0.25) is 0 Å². The predicted octanol–water partition coefficient (Wildman–Crippen LogP) is 2.25. The minimum Gasteiger partial charge on any atom is -0.493 e. The fourth-order valence-corrected chi connectivity index (χ4v) is 1.88. The average molecular weight is 267 g/mol. The lowest BCUT2D eigenvalue weighted by atomic mass is 10.1. The fraction of sp³-hybridized carbons (Fsp3) is 0.500. The van der Waals surface area contributed by atoms with Crippen molar-refractivity contribution >= 4 is 11.7 Å². The third kappa shape index (κ3) is 3.77. The Kier molecular flexibility index (Phi) is 5.48. The molecule has 0 radical (unpaired) electrons. The summed E-state index contributed by atoms with van der Waals surface area (Å²) in [5, 5.41) is 9.08. The molecule has 1 aromatic rings. The lowest BCUT2D eigenvalue weighted by Crippen LogP contribution is -2.29. The zero-order valence-electron chi connectivity index (χ0n) is 11.8. The predicted molar refractivity (Wildman–Crippen MR) is 74.2 cm³/mol. The van der Waals surface area contributed by atoms with E-state index in [2.05, 4.69) is 0 Å². The van der Waals surface area contributed by atoms with E-state index in [4.69, 9.17) is 14.6 Å².